The molecule has 0 saturated heterocycles. The molecule has 0 aromatic heterocycles. The van der Waals surface area contributed by atoms with Crippen molar-refractivity contribution >= 4 is 21.8 Å². The number of halogens is 1. The number of amides is 1. The van der Waals surface area contributed by atoms with Crippen molar-refractivity contribution in [2.75, 3.05) is 13.1 Å². The van der Waals surface area contributed by atoms with E-state index in [2.05, 4.69) is 38.7 Å². The van der Waals surface area contributed by atoms with Crippen LogP contribution >= 0.6 is 15.9 Å². The molecule has 1 aromatic rings. The Labute approximate surface area is 121 Å². The van der Waals surface area contributed by atoms with Gasteiger partial charge in [0.1, 0.15) is 0 Å². The molecule has 1 aromatic carbocycles. The predicted octanol–water partition coefficient (Wildman–Crippen LogP) is 1.52. The summed E-state index contributed by atoms with van der Waals surface area (Å²) < 4.78 is 1.07. The van der Waals surface area contributed by atoms with Crippen molar-refractivity contribution in [3.63, 3.8) is 0 Å². The van der Waals surface area contributed by atoms with Gasteiger partial charge >= 0.3 is 0 Å². The van der Waals surface area contributed by atoms with Gasteiger partial charge in [0.15, 0.2) is 0 Å². The van der Waals surface area contributed by atoms with Crippen LogP contribution in [0.2, 0.25) is 0 Å². The molecule has 0 bridgehead atoms. The van der Waals surface area contributed by atoms with Crippen molar-refractivity contribution in [3.8, 4) is 0 Å². The van der Waals surface area contributed by atoms with Crippen molar-refractivity contribution in [2.24, 2.45) is 0 Å². The summed E-state index contributed by atoms with van der Waals surface area (Å²) in [6, 6.07) is 8.24. The average molecular weight is 327 g/mol. The summed E-state index contributed by atoms with van der Waals surface area (Å²) >= 11 is 3.48. The van der Waals surface area contributed by atoms with Gasteiger partial charge in [-0.3, -0.25) is 4.79 Å². The molecule has 1 aliphatic rings. The molecule has 0 aliphatic heterocycles. The van der Waals surface area contributed by atoms with Crippen LogP contribution in [-0.4, -0.2) is 30.2 Å². The summed E-state index contributed by atoms with van der Waals surface area (Å²) in [6.45, 7) is 2.22. The van der Waals surface area contributed by atoms with Gasteiger partial charge in [-0.2, -0.15) is 0 Å². The van der Waals surface area contributed by atoms with Gasteiger partial charge in [-0.15, -0.1) is 0 Å². The minimum Gasteiger partial charge on any atom is -0.390 e. The highest BCUT2D eigenvalue weighted by atomic mass is 79.9. The number of aliphatic hydroxyl groups excluding tert-OH is 1. The largest absolute Gasteiger partial charge is 0.390 e. The molecular weight excluding hydrogens is 308 g/mol. The molecule has 3 N–H and O–H groups in total. The van der Waals surface area contributed by atoms with Crippen LogP contribution in [0, 0.1) is 0 Å². The molecule has 2 rings (SSSR count). The summed E-state index contributed by atoms with van der Waals surface area (Å²) in [6.07, 6.45) is 1.60. The number of rotatable bonds is 6. The van der Waals surface area contributed by atoms with Gasteiger partial charge in [0.05, 0.1) is 6.10 Å². The molecule has 0 spiro atoms. The average Bonchev–Trinajstić information content (AvgIpc) is 3.15. The second-order valence-electron chi connectivity index (χ2n) is 5.06. The third-order valence-electron chi connectivity index (χ3n) is 3.39. The number of aliphatic hydroxyl groups is 1. The Morgan fingerprint density at radius 1 is 1.47 bits per heavy atom. The first-order chi connectivity index (χ1) is 9.02. The second-order valence-corrected chi connectivity index (χ2v) is 5.98. The van der Waals surface area contributed by atoms with E-state index in [0.717, 1.165) is 17.3 Å². The highest BCUT2D eigenvalue weighted by molar-refractivity contribution is 9.10. The molecule has 1 aliphatic carbocycles. The summed E-state index contributed by atoms with van der Waals surface area (Å²) in [4.78, 5) is 10.8. The van der Waals surface area contributed by atoms with Crippen LogP contribution in [0.25, 0.3) is 0 Å². The van der Waals surface area contributed by atoms with Gasteiger partial charge in [-0.1, -0.05) is 28.1 Å². The van der Waals surface area contributed by atoms with E-state index < -0.39 is 6.10 Å². The van der Waals surface area contributed by atoms with E-state index in [-0.39, 0.29) is 18.0 Å². The zero-order valence-electron chi connectivity index (χ0n) is 10.9. The molecule has 0 heterocycles. The zero-order chi connectivity index (χ0) is 13.9. The molecule has 0 radical (unpaired) electrons. The molecule has 19 heavy (non-hydrogen) atoms. The number of carbonyl (C=O) groups excluding carboxylic acids is 1. The Bertz CT molecular complexity index is 461. The van der Waals surface area contributed by atoms with Crippen LogP contribution in [0.15, 0.2) is 28.7 Å². The summed E-state index contributed by atoms with van der Waals surface area (Å²) in [7, 11) is 0. The Balaban J connectivity index is 1.87. The molecule has 104 valence electrons. The fourth-order valence-corrected chi connectivity index (χ4v) is 2.52. The molecule has 5 heteroatoms. The van der Waals surface area contributed by atoms with Gasteiger partial charge in [0.2, 0.25) is 5.91 Å². The fraction of sp³-hybridized carbons (Fsp3) is 0.500. The highest BCUT2D eigenvalue weighted by Crippen LogP contribution is 2.45. The van der Waals surface area contributed by atoms with Crippen molar-refractivity contribution in [1.29, 1.82) is 0 Å². The lowest BCUT2D eigenvalue weighted by molar-refractivity contribution is -0.119. The summed E-state index contributed by atoms with van der Waals surface area (Å²) in [5.41, 5.74) is 1.25. The van der Waals surface area contributed by atoms with Gasteiger partial charge < -0.3 is 15.7 Å². The molecule has 1 atom stereocenters. The lowest BCUT2D eigenvalue weighted by Gasteiger charge is -2.21. The Hall–Kier alpha value is -0.910. The third kappa shape index (κ3) is 4.03. The first kappa shape index (κ1) is 14.5. The lowest BCUT2D eigenvalue weighted by Crippen LogP contribution is -2.41. The SMILES string of the molecule is CC(=O)NC[C@H](O)CNC1(c2cccc(Br)c2)CC1. The number of hydrogen-bond acceptors (Lipinski definition) is 3. The topological polar surface area (TPSA) is 61.4 Å². The predicted molar refractivity (Wildman–Crippen MR) is 77.7 cm³/mol. The lowest BCUT2D eigenvalue weighted by atomic mass is 10.0. The van der Waals surface area contributed by atoms with Gasteiger partial charge in [-0.25, -0.2) is 0 Å². The Morgan fingerprint density at radius 2 is 2.21 bits per heavy atom. The molecule has 1 saturated carbocycles. The van der Waals surface area contributed by atoms with Crippen molar-refractivity contribution < 1.29 is 9.90 Å². The first-order valence-corrected chi connectivity index (χ1v) is 7.25. The van der Waals surface area contributed by atoms with Crippen LogP contribution in [0.3, 0.4) is 0 Å². The monoisotopic (exact) mass is 326 g/mol. The smallest absolute Gasteiger partial charge is 0.216 e. The maximum absolute atomic E-state index is 10.8. The Morgan fingerprint density at radius 3 is 2.79 bits per heavy atom. The number of nitrogens with one attached hydrogen (secondary N) is 2. The molecule has 0 unspecified atom stereocenters. The normalized spacial score (nSPS) is 17.8. The second kappa shape index (κ2) is 6.03. The first-order valence-electron chi connectivity index (χ1n) is 6.45. The van der Waals surface area contributed by atoms with E-state index in [9.17, 15) is 9.90 Å². The van der Waals surface area contributed by atoms with Crippen LogP contribution in [0.5, 0.6) is 0 Å². The van der Waals surface area contributed by atoms with Gasteiger partial charge in [-0.05, 0) is 30.5 Å². The van der Waals surface area contributed by atoms with Crippen molar-refractivity contribution in [2.45, 2.75) is 31.4 Å². The molecule has 1 fully saturated rings. The van der Waals surface area contributed by atoms with E-state index in [4.69, 9.17) is 0 Å². The fourth-order valence-electron chi connectivity index (χ4n) is 2.13. The number of hydrogen-bond donors (Lipinski definition) is 3. The van der Waals surface area contributed by atoms with Crippen molar-refractivity contribution in [1.82, 2.24) is 10.6 Å². The molecular formula is C14H19BrN2O2. The highest BCUT2D eigenvalue weighted by Gasteiger charge is 2.44. The minimum absolute atomic E-state index is 0.000976. The van der Waals surface area contributed by atoms with E-state index in [1.807, 2.05) is 12.1 Å². The number of carbonyl (C=O) groups is 1. The van der Waals surface area contributed by atoms with Crippen LogP contribution in [-0.2, 0) is 10.3 Å². The standard InChI is InChI=1S/C14H19BrN2O2/c1-10(18)16-8-13(19)9-17-14(5-6-14)11-3-2-4-12(15)7-11/h2-4,7,13,17,19H,5-6,8-9H2,1H3,(H,16,18)/t13-/m0/s1. The van der Waals surface area contributed by atoms with Gasteiger partial charge in [0.25, 0.3) is 0 Å². The summed E-state index contributed by atoms with van der Waals surface area (Å²) in [5.74, 6) is -0.118. The maximum atomic E-state index is 10.8. The number of benzene rings is 1. The third-order valence-corrected chi connectivity index (χ3v) is 3.88. The Kier molecular flexibility index (Phi) is 4.60. The van der Waals surface area contributed by atoms with Gasteiger partial charge in [0, 0.05) is 30.0 Å². The zero-order valence-corrected chi connectivity index (χ0v) is 12.5. The maximum Gasteiger partial charge on any atom is 0.216 e. The molecule has 4 nitrogen and oxygen atoms in total. The molecule has 1 amide bonds. The quantitative estimate of drug-likeness (QED) is 0.742. The van der Waals surface area contributed by atoms with E-state index in [1.165, 1.54) is 12.5 Å². The van der Waals surface area contributed by atoms with Crippen LogP contribution < -0.4 is 10.6 Å². The van der Waals surface area contributed by atoms with Crippen LogP contribution in [0.1, 0.15) is 25.3 Å². The summed E-state index contributed by atoms with van der Waals surface area (Å²) in [5, 5.41) is 15.8. The minimum atomic E-state index is -0.562. The van der Waals surface area contributed by atoms with Crippen molar-refractivity contribution in [3.05, 3.63) is 34.3 Å². The van der Waals surface area contributed by atoms with E-state index in [1.54, 1.807) is 0 Å². The van der Waals surface area contributed by atoms with Crippen LogP contribution in [0.4, 0.5) is 0 Å². The van der Waals surface area contributed by atoms with E-state index >= 15 is 0 Å². The van der Waals surface area contributed by atoms with E-state index in [0.29, 0.717) is 6.54 Å².